The summed E-state index contributed by atoms with van der Waals surface area (Å²) in [5, 5.41) is 0.0494. The lowest BCUT2D eigenvalue weighted by atomic mass is 10.1. The Morgan fingerprint density at radius 1 is 0.860 bits per heavy atom. The van der Waals surface area contributed by atoms with E-state index in [1.54, 1.807) is 6.33 Å². The number of imidazole rings is 1. The van der Waals surface area contributed by atoms with Gasteiger partial charge in [0.25, 0.3) is 5.56 Å². The van der Waals surface area contributed by atoms with Crippen LogP contribution in [0.3, 0.4) is 0 Å². The van der Waals surface area contributed by atoms with Gasteiger partial charge in [0.2, 0.25) is 0 Å². The van der Waals surface area contributed by atoms with Gasteiger partial charge in [0.1, 0.15) is 18.3 Å². The first-order chi connectivity index (χ1) is 19.3. The Morgan fingerprint density at radius 2 is 1.37 bits per heavy atom. The molecule has 1 saturated heterocycles. The molecule has 0 bridgehead atoms. The van der Waals surface area contributed by atoms with E-state index >= 15 is 0 Å². The number of aromatic amines is 1. The van der Waals surface area contributed by atoms with Gasteiger partial charge in [-0.3, -0.25) is 4.79 Å². The lowest BCUT2D eigenvalue weighted by Crippen LogP contribution is -2.54. The molecular formula is C32H61N3O5Si3. The average Bonchev–Trinajstić information content (AvgIpc) is 3.37. The van der Waals surface area contributed by atoms with E-state index in [4.69, 9.17) is 18.0 Å². The maximum absolute atomic E-state index is 13.0. The maximum atomic E-state index is 13.0. The van der Waals surface area contributed by atoms with Crippen molar-refractivity contribution >= 4 is 36.0 Å². The summed E-state index contributed by atoms with van der Waals surface area (Å²) in [6.45, 7) is 36.6. The van der Waals surface area contributed by atoms with Crippen LogP contribution in [0.15, 0.2) is 17.2 Å². The summed E-state index contributed by atoms with van der Waals surface area (Å²) in [4.78, 5) is 20.6. The molecule has 2 aromatic heterocycles. The Kier molecular flexibility index (Phi) is 10.4. The van der Waals surface area contributed by atoms with Gasteiger partial charge in [0.05, 0.1) is 18.5 Å². The number of hydrogen-bond acceptors (Lipinski definition) is 6. The second kappa shape index (κ2) is 12.3. The van der Waals surface area contributed by atoms with Crippen molar-refractivity contribution in [1.82, 2.24) is 14.5 Å². The number of rotatable bonds is 10. The summed E-state index contributed by atoms with van der Waals surface area (Å²) in [6.07, 6.45) is 1.88. The fourth-order valence-corrected chi connectivity index (χ4v) is 8.19. The predicted molar refractivity (Wildman–Crippen MR) is 186 cm³/mol. The molecule has 1 aliphatic rings. The molecule has 11 heteroatoms. The lowest BCUT2D eigenvalue weighted by molar-refractivity contribution is -0.0468. The van der Waals surface area contributed by atoms with Crippen LogP contribution in [0.2, 0.25) is 54.4 Å². The van der Waals surface area contributed by atoms with Crippen molar-refractivity contribution in [1.29, 1.82) is 0 Å². The quantitative estimate of drug-likeness (QED) is 0.260. The highest BCUT2D eigenvalue weighted by molar-refractivity contribution is 6.75. The Labute approximate surface area is 264 Å². The van der Waals surface area contributed by atoms with Gasteiger partial charge in [-0.05, 0) is 66.9 Å². The third-order valence-corrected chi connectivity index (χ3v) is 24.0. The molecule has 3 rings (SSSR count). The van der Waals surface area contributed by atoms with Crippen LogP contribution in [0.5, 0.6) is 0 Å². The second-order valence-electron chi connectivity index (χ2n) is 17.1. The fraction of sp³-hybridized carbons (Fsp3) is 0.812. The Morgan fingerprint density at radius 3 is 1.86 bits per heavy atom. The van der Waals surface area contributed by atoms with E-state index in [9.17, 15) is 4.79 Å². The number of nitrogens with one attached hydrogen (secondary N) is 1. The number of fused-ring (bicyclic) bond motifs is 1. The highest BCUT2D eigenvalue weighted by Gasteiger charge is 2.55. The number of pyridine rings is 1. The molecule has 3 heterocycles. The molecule has 0 radical (unpaired) electrons. The zero-order valence-electron chi connectivity index (χ0n) is 30.0. The second-order valence-corrected chi connectivity index (χ2v) is 31.4. The SMILES string of the molecule is CCCc1cc2c(ncn2[C@@H]2O[C@H](CO[Si](C)(C)C(C)(C)C)[C@@H](O[Si](C)(C)C(C)(C)C)[C@H]2O[Si](C)(C)C(C)(C)C)c(=O)[nH]1. The topological polar surface area (TPSA) is 87.6 Å². The van der Waals surface area contributed by atoms with E-state index in [1.807, 2.05) is 10.6 Å². The Bertz CT molecular complexity index is 1310. The van der Waals surface area contributed by atoms with Crippen molar-refractivity contribution in [2.45, 2.75) is 161 Å². The third kappa shape index (κ3) is 7.66. The molecule has 0 amide bonds. The van der Waals surface area contributed by atoms with Crippen molar-refractivity contribution in [3.63, 3.8) is 0 Å². The number of ether oxygens (including phenoxy) is 1. The van der Waals surface area contributed by atoms with Crippen LogP contribution in [-0.4, -0.2) is 64.4 Å². The van der Waals surface area contributed by atoms with Gasteiger partial charge in [0, 0.05) is 5.69 Å². The van der Waals surface area contributed by atoms with Gasteiger partial charge in [-0.15, -0.1) is 0 Å². The molecule has 0 saturated carbocycles. The number of H-pyrrole nitrogens is 1. The predicted octanol–water partition coefficient (Wildman–Crippen LogP) is 8.38. The molecule has 0 unspecified atom stereocenters. The van der Waals surface area contributed by atoms with Crippen molar-refractivity contribution < 1.29 is 18.0 Å². The summed E-state index contributed by atoms with van der Waals surface area (Å²) in [5.41, 5.74) is 1.90. The molecule has 246 valence electrons. The standard InChI is InChI=1S/C32H61N3O5Si3/c1-17-18-22-19-23-25(28(36)34-22)33-21-35(23)29-27(40-43(15,16)32(8,9)10)26(39-42(13,14)31(5,6)7)24(38-29)20-37-41(11,12)30(2,3)4/h19,21,24,26-27,29H,17-18,20H2,1-16H3,(H,34,36)/t24-,26-,27-,29-/m1/s1. The molecule has 1 N–H and O–H groups in total. The Hall–Kier alpha value is -1.09. The minimum Gasteiger partial charge on any atom is -0.414 e. The van der Waals surface area contributed by atoms with Gasteiger partial charge >= 0.3 is 0 Å². The van der Waals surface area contributed by atoms with E-state index in [0.717, 1.165) is 24.1 Å². The van der Waals surface area contributed by atoms with Crippen molar-refractivity contribution in [2.75, 3.05) is 6.61 Å². The molecule has 2 aromatic rings. The van der Waals surface area contributed by atoms with Gasteiger partial charge < -0.3 is 27.6 Å². The van der Waals surface area contributed by atoms with E-state index < -0.39 is 37.3 Å². The van der Waals surface area contributed by atoms with Crippen LogP contribution in [0, 0.1) is 0 Å². The van der Waals surface area contributed by atoms with Crippen molar-refractivity contribution in [3.05, 3.63) is 28.4 Å². The summed E-state index contributed by atoms with van der Waals surface area (Å²) >= 11 is 0. The summed E-state index contributed by atoms with van der Waals surface area (Å²) in [5.74, 6) is 0. The minimum atomic E-state index is -2.29. The summed E-state index contributed by atoms with van der Waals surface area (Å²) in [6, 6.07) is 2.04. The minimum absolute atomic E-state index is 0.00149. The molecule has 1 fully saturated rings. The number of hydrogen-bond donors (Lipinski definition) is 1. The molecule has 1 aliphatic heterocycles. The lowest BCUT2D eigenvalue weighted by Gasteiger charge is -2.44. The zero-order valence-corrected chi connectivity index (χ0v) is 33.0. The maximum Gasteiger partial charge on any atom is 0.276 e. The van der Waals surface area contributed by atoms with Gasteiger partial charge in [-0.2, -0.15) is 0 Å². The normalized spacial score (nSPS) is 23.0. The van der Waals surface area contributed by atoms with E-state index in [0.29, 0.717) is 12.1 Å². The van der Waals surface area contributed by atoms with E-state index in [-0.39, 0.29) is 32.9 Å². The molecule has 0 spiro atoms. The average molecular weight is 652 g/mol. The number of aryl methyl sites for hydroxylation is 1. The largest absolute Gasteiger partial charge is 0.414 e. The van der Waals surface area contributed by atoms with Gasteiger partial charge in [-0.25, -0.2) is 4.98 Å². The van der Waals surface area contributed by atoms with Crippen LogP contribution >= 0.6 is 0 Å². The van der Waals surface area contributed by atoms with Crippen LogP contribution in [0.1, 0.15) is 87.6 Å². The summed E-state index contributed by atoms with van der Waals surface area (Å²) < 4.78 is 30.4. The van der Waals surface area contributed by atoms with E-state index in [2.05, 4.69) is 118 Å². The summed E-state index contributed by atoms with van der Waals surface area (Å²) in [7, 11) is -6.61. The smallest absolute Gasteiger partial charge is 0.276 e. The molecule has 0 aliphatic carbocycles. The van der Waals surface area contributed by atoms with E-state index in [1.165, 1.54) is 0 Å². The van der Waals surface area contributed by atoms with Crippen molar-refractivity contribution in [3.8, 4) is 0 Å². The first-order valence-corrected chi connectivity index (χ1v) is 24.8. The van der Waals surface area contributed by atoms with Crippen LogP contribution in [-0.2, 0) is 24.4 Å². The number of nitrogens with zero attached hydrogens (tertiary/aromatic N) is 2. The zero-order chi connectivity index (χ0) is 33.0. The van der Waals surface area contributed by atoms with Gasteiger partial charge in [0.15, 0.2) is 36.7 Å². The molecule has 43 heavy (non-hydrogen) atoms. The Balaban J connectivity index is 2.20. The molecule has 0 aromatic carbocycles. The highest BCUT2D eigenvalue weighted by atomic mass is 28.4. The first kappa shape index (κ1) is 36.4. The fourth-order valence-electron chi connectivity index (χ4n) is 4.58. The van der Waals surface area contributed by atoms with Gasteiger partial charge in [-0.1, -0.05) is 75.7 Å². The van der Waals surface area contributed by atoms with Crippen LogP contribution < -0.4 is 5.56 Å². The van der Waals surface area contributed by atoms with Crippen molar-refractivity contribution in [2.24, 2.45) is 0 Å². The third-order valence-electron chi connectivity index (χ3n) is 10.6. The van der Waals surface area contributed by atoms with Crippen LogP contribution in [0.25, 0.3) is 11.0 Å². The molecule has 4 atom stereocenters. The van der Waals surface area contributed by atoms with Crippen LogP contribution in [0.4, 0.5) is 0 Å². The first-order valence-electron chi connectivity index (χ1n) is 16.1. The number of aromatic nitrogens is 3. The monoisotopic (exact) mass is 651 g/mol. The molecular weight excluding hydrogens is 591 g/mol. The highest BCUT2D eigenvalue weighted by Crippen LogP contribution is 2.47. The molecule has 8 nitrogen and oxygen atoms in total.